The predicted molar refractivity (Wildman–Crippen MR) is 40.9 cm³/mol. The zero-order valence-corrected chi connectivity index (χ0v) is 7.32. The Kier molecular flexibility index (Phi) is 1.95. The summed E-state index contributed by atoms with van der Waals surface area (Å²) in [6.07, 6.45) is 0.0181. The number of alkyl halides is 2. The van der Waals surface area contributed by atoms with Crippen molar-refractivity contribution in [3.8, 4) is 0 Å². The molecule has 0 aromatic heterocycles. The molecule has 0 bridgehead atoms. The first-order valence-corrected chi connectivity index (χ1v) is 3.94. The molecule has 1 heterocycles. The molecule has 1 aliphatic rings. The lowest BCUT2D eigenvalue weighted by atomic mass is 10.1. The summed E-state index contributed by atoms with van der Waals surface area (Å²) in [6, 6.07) is 0. The Morgan fingerprint density at radius 3 is 2.00 bits per heavy atom. The van der Waals surface area contributed by atoms with Gasteiger partial charge in [0.2, 0.25) is 0 Å². The minimum atomic E-state index is -2.45. The molecular weight excluding hydrogens is 148 g/mol. The van der Waals surface area contributed by atoms with E-state index in [2.05, 4.69) is 0 Å². The van der Waals surface area contributed by atoms with Crippen molar-refractivity contribution in [2.24, 2.45) is 0 Å². The van der Waals surface area contributed by atoms with Crippen molar-refractivity contribution in [1.82, 2.24) is 4.90 Å². The van der Waals surface area contributed by atoms with Crippen LogP contribution < -0.4 is 0 Å². The minimum Gasteiger partial charge on any atom is -0.292 e. The minimum absolute atomic E-state index is 0.0181. The summed E-state index contributed by atoms with van der Waals surface area (Å²) in [4.78, 5) is 1.83. The molecule has 66 valence electrons. The molecule has 11 heavy (non-hydrogen) atoms. The van der Waals surface area contributed by atoms with E-state index < -0.39 is 5.92 Å². The first-order valence-electron chi connectivity index (χ1n) is 3.94. The molecule has 3 heteroatoms. The first kappa shape index (κ1) is 8.91. The normalized spacial score (nSPS) is 25.9. The van der Waals surface area contributed by atoms with Gasteiger partial charge >= 0.3 is 0 Å². The molecule has 0 aromatic carbocycles. The third-order valence-corrected chi connectivity index (χ3v) is 2.12. The molecule has 1 saturated heterocycles. The standard InChI is InChI=1S/C8H15F2N/c1-7(2,3)11-5-4-8(9,10)6-11/h4-6H2,1-3H3. The van der Waals surface area contributed by atoms with Gasteiger partial charge in [-0.3, -0.25) is 4.90 Å². The van der Waals surface area contributed by atoms with Crippen molar-refractivity contribution in [2.45, 2.75) is 38.7 Å². The smallest absolute Gasteiger partial charge is 0.261 e. The molecule has 1 aliphatic heterocycles. The van der Waals surface area contributed by atoms with Gasteiger partial charge < -0.3 is 0 Å². The summed E-state index contributed by atoms with van der Waals surface area (Å²) in [6.45, 7) is 6.35. The van der Waals surface area contributed by atoms with Gasteiger partial charge in [-0.05, 0) is 20.8 Å². The van der Waals surface area contributed by atoms with Crippen LogP contribution >= 0.6 is 0 Å². The molecular formula is C8H15F2N. The van der Waals surface area contributed by atoms with Crippen molar-refractivity contribution in [3.05, 3.63) is 0 Å². The van der Waals surface area contributed by atoms with Gasteiger partial charge in [0.05, 0.1) is 6.54 Å². The number of likely N-dealkylation sites (tertiary alicyclic amines) is 1. The van der Waals surface area contributed by atoms with Crippen LogP contribution in [-0.2, 0) is 0 Å². The van der Waals surface area contributed by atoms with Gasteiger partial charge in [-0.25, -0.2) is 8.78 Å². The van der Waals surface area contributed by atoms with Crippen molar-refractivity contribution < 1.29 is 8.78 Å². The van der Waals surface area contributed by atoms with Gasteiger partial charge in [-0.15, -0.1) is 0 Å². The maximum absolute atomic E-state index is 12.7. The maximum atomic E-state index is 12.7. The van der Waals surface area contributed by atoms with Gasteiger partial charge in [-0.2, -0.15) is 0 Å². The molecule has 0 amide bonds. The fraction of sp³-hybridized carbons (Fsp3) is 1.00. The van der Waals surface area contributed by atoms with E-state index in [1.54, 1.807) is 0 Å². The third kappa shape index (κ3) is 2.12. The number of nitrogens with zero attached hydrogens (tertiary/aromatic N) is 1. The summed E-state index contributed by atoms with van der Waals surface area (Å²) in [7, 11) is 0. The van der Waals surface area contributed by atoms with E-state index in [0.717, 1.165) is 0 Å². The Morgan fingerprint density at radius 1 is 1.27 bits per heavy atom. The van der Waals surface area contributed by atoms with Crippen LogP contribution in [0.3, 0.4) is 0 Å². The molecule has 1 rings (SSSR count). The molecule has 0 saturated carbocycles. The van der Waals surface area contributed by atoms with Crippen LogP contribution in [0.15, 0.2) is 0 Å². The van der Waals surface area contributed by atoms with Crippen molar-refractivity contribution in [2.75, 3.05) is 13.1 Å². The van der Waals surface area contributed by atoms with E-state index in [4.69, 9.17) is 0 Å². The molecule has 0 aromatic rings. The van der Waals surface area contributed by atoms with E-state index in [-0.39, 0.29) is 18.5 Å². The largest absolute Gasteiger partial charge is 0.292 e. The lowest BCUT2D eigenvalue weighted by Gasteiger charge is -2.31. The predicted octanol–water partition coefficient (Wildman–Crippen LogP) is 2.13. The highest BCUT2D eigenvalue weighted by Gasteiger charge is 2.41. The second-order valence-corrected chi connectivity index (χ2v) is 4.20. The van der Waals surface area contributed by atoms with Gasteiger partial charge in [0.1, 0.15) is 0 Å². The average Bonchev–Trinajstić information content (AvgIpc) is 2.07. The van der Waals surface area contributed by atoms with Crippen molar-refractivity contribution >= 4 is 0 Å². The number of hydrogen-bond donors (Lipinski definition) is 0. The Hall–Kier alpha value is -0.180. The summed E-state index contributed by atoms with van der Waals surface area (Å²) < 4.78 is 25.4. The van der Waals surface area contributed by atoms with Crippen LogP contribution in [-0.4, -0.2) is 29.5 Å². The lowest BCUT2D eigenvalue weighted by Crippen LogP contribution is -2.40. The van der Waals surface area contributed by atoms with Crippen LogP contribution in [0.4, 0.5) is 8.78 Å². The van der Waals surface area contributed by atoms with E-state index in [9.17, 15) is 8.78 Å². The molecule has 0 aliphatic carbocycles. The summed E-state index contributed by atoms with van der Waals surface area (Å²) >= 11 is 0. The van der Waals surface area contributed by atoms with E-state index in [1.807, 2.05) is 25.7 Å². The first-order chi connectivity index (χ1) is 4.81. The molecule has 0 radical (unpaired) electrons. The number of halogens is 2. The zero-order valence-electron chi connectivity index (χ0n) is 7.32. The Bertz CT molecular complexity index is 149. The van der Waals surface area contributed by atoms with Crippen LogP contribution in [0.5, 0.6) is 0 Å². The fourth-order valence-corrected chi connectivity index (χ4v) is 1.31. The van der Waals surface area contributed by atoms with E-state index in [1.165, 1.54) is 0 Å². The lowest BCUT2D eigenvalue weighted by molar-refractivity contribution is 0.00172. The monoisotopic (exact) mass is 163 g/mol. The molecule has 0 spiro atoms. The fourth-order valence-electron chi connectivity index (χ4n) is 1.31. The van der Waals surface area contributed by atoms with Crippen molar-refractivity contribution in [3.63, 3.8) is 0 Å². The summed E-state index contributed by atoms with van der Waals surface area (Å²) in [5, 5.41) is 0. The second-order valence-electron chi connectivity index (χ2n) is 4.20. The molecule has 0 N–H and O–H groups in total. The van der Waals surface area contributed by atoms with Crippen molar-refractivity contribution in [1.29, 1.82) is 0 Å². The highest BCUT2D eigenvalue weighted by Crippen LogP contribution is 2.31. The number of rotatable bonds is 0. The molecule has 0 atom stereocenters. The maximum Gasteiger partial charge on any atom is 0.261 e. The molecule has 1 fully saturated rings. The van der Waals surface area contributed by atoms with Crippen LogP contribution in [0, 0.1) is 0 Å². The van der Waals surface area contributed by atoms with E-state index in [0.29, 0.717) is 6.54 Å². The van der Waals surface area contributed by atoms with Gasteiger partial charge in [0, 0.05) is 18.5 Å². The number of hydrogen-bond acceptors (Lipinski definition) is 1. The Balaban J connectivity index is 2.55. The molecule has 1 nitrogen and oxygen atoms in total. The summed E-state index contributed by atoms with van der Waals surface area (Å²) in [5.41, 5.74) is -0.111. The van der Waals surface area contributed by atoms with Gasteiger partial charge in [0.15, 0.2) is 0 Å². The SMILES string of the molecule is CC(C)(C)N1CCC(F)(F)C1. The van der Waals surface area contributed by atoms with Crippen LogP contribution in [0.2, 0.25) is 0 Å². The summed E-state index contributed by atoms with van der Waals surface area (Å²) in [5.74, 6) is -2.45. The average molecular weight is 163 g/mol. The van der Waals surface area contributed by atoms with Gasteiger partial charge in [-0.1, -0.05) is 0 Å². The Morgan fingerprint density at radius 2 is 1.82 bits per heavy atom. The Labute approximate surface area is 66.4 Å². The van der Waals surface area contributed by atoms with E-state index >= 15 is 0 Å². The van der Waals surface area contributed by atoms with Crippen LogP contribution in [0.25, 0.3) is 0 Å². The molecule has 0 unspecified atom stereocenters. The third-order valence-electron chi connectivity index (χ3n) is 2.12. The topological polar surface area (TPSA) is 3.24 Å². The second kappa shape index (κ2) is 2.41. The zero-order chi connectivity index (χ0) is 8.70. The quantitative estimate of drug-likeness (QED) is 0.528. The van der Waals surface area contributed by atoms with Gasteiger partial charge in [0.25, 0.3) is 5.92 Å². The highest BCUT2D eigenvalue weighted by molar-refractivity contribution is 4.88. The highest BCUT2D eigenvalue weighted by atomic mass is 19.3. The van der Waals surface area contributed by atoms with Crippen LogP contribution in [0.1, 0.15) is 27.2 Å².